The number of hydrogen-bond donors (Lipinski definition) is 0. The van der Waals surface area contributed by atoms with Crippen molar-refractivity contribution in [2.24, 2.45) is 0 Å². The summed E-state index contributed by atoms with van der Waals surface area (Å²) in [6.45, 7) is 6.19. The van der Waals surface area contributed by atoms with Crippen LogP contribution in [-0.4, -0.2) is 24.9 Å². The van der Waals surface area contributed by atoms with Gasteiger partial charge in [-0.1, -0.05) is 22.2 Å². The molecule has 9 heteroatoms. The van der Waals surface area contributed by atoms with Crippen LogP contribution in [0.3, 0.4) is 0 Å². The van der Waals surface area contributed by atoms with E-state index in [1.54, 1.807) is 0 Å². The van der Waals surface area contributed by atoms with Crippen LogP contribution in [0.4, 0.5) is 0 Å². The molecule has 5 rings (SSSR count). The molecule has 0 spiro atoms. The molecule has 0 saturated heterocycles. The number of aromatic nitrogens is 5. The molecule has 0 amide bonds. The number of para-hydroxylation sites is 2. The maximum atomic E-state index is 4.90. The maximum absolute atomic E-state index is 4.90. The number of fused-ring (bicyclic) bond motifs is 1. The van der Waals surface area contributed by atoms with Crippen LogP contribution < -0.4 is 0 Å². The molecule has 1 aromatic carbocycles. The first-order chi connectivity index (χ1) is 15.9. The third kappa shape index (κ3) is 7.83. The number of rotatable bonds is 2. The fraction of sp³-hybridized carbons (Fsp3) is 0.115. The summed E-state index contributed by atoms with van der Waals surface area (Å²) in [7, 11) is 0. The third-order valence-corrected chi connectivity index (χ3v) is 5.53. The van der Waals surface area contributed by atoms with Crippen molar-refractivity contribution in [3.63, 3.8) is 0 Å². The zero-order valence-corrected chi connectivity index (χ0v) is 25.6. The first-order valence-electron chi connectivity index (χ1n) is 10.3. The minimum Gasteiger partial charge on any atom is -0.760 e. The monoisotopic (exact) mass is 658 g/mol. The van der Waals surface area contributed by atoms with Crippen molar-refractivity contribution >= 4 is 36.3 Å². The quantitative estimate of drug-likeness (QED) is 0.182. The smallest absolute Gasteiger partial charge is 0.760 e. The van der Waals surface area contributed by atoms with E-state index in [9.17, 15) is 0 Å². The SMILES string of the molecule is Cc1ccnc(-c2cc(C)cc(-c3cc(C)ccn3)n2)c1.[Ru+2].[S-]c1nc2ccccc2nc1[S-].[Y]. The van der Waals surface area contributed by atoms with Crippen LogP contribution >= 0.6 is 0 Å². The second kappa shape index (κ2) is 13.5. The molecule has 0 atom stereocenters. The Balaban J connectivity index is 0.000000265. The zero-order chi connectivity index (χ0) is 23.4. The third-order valence-electron chi connectivity index (χ3n) is 4.83. The van der Waals surface area contributed by atoms with E-state index < -0.39 is 0 Å². The van der Waals surface area contributed by atoms with Gasteiger partial charge in [-0.2, -0.15) is 0 Å². The molecule has 0 aliphatic rings. The van der Waals surface area contributed by atoms with E-state index in [1.165, 1.54) is 11.1 Å². The van der Waals surface area contributed by atoms with Gasteiger partial charge in [-0.05, 0) is 86.0 Å². The fourth-order valence-electron chi connectivity index (χ4n) is 3.25. The summed E-state index contributed by atoms with van der Waals surface area (Å²) < 4.78 is 0. The average molecular weight is 658 g/mol. The molecule has 0 saturated carbocycles. The van der Waals surface area contributed by atoms with Gasteiger partial charge in [0.15, 0.2) is 0 Å². The Kier molecular flexibility index (Phi) is 11.3. The van der Waals surface area contributed by atoms with E-state index in [1.807, 2.05) is 48.8 Å². The molecular weight excluding hydrogens is 636 g/mol. The Morgan fingerprint density at radius 2 is 0.943 bits per heavy atom. The summed E-state index contributed by atoms with van der Waals surface area (Å²) in [4.78, 5) is 21.8. The fourth-order valence-corrected chi connectivity index (χ4v) is 3.54. The number of pyridine rings is 3. The summed E-state index contributed by atoms with van der Waals surface area (Å²) in [6.07, 6.45) is 3.64. The van der Waals surface area contributed by atoms with Gasteiger partial charge in [-0.15, -0.1) is 0 Å². The second-order valence-electron chi connectivity index (χ2n) is 7.67. The van der Waals surface area contributed by atoms with Crippen molar-refractivity contribution < 1.29 is 52.2 Å². The summed E-state index contributed by atoms with van der Waals surface area (Å²) in [6, 6.07) is 19.7. The molecule has 35 heavy (non-hydrogen) atoms. The first kappa shape index (κ1) is 29.4. The Bertz CT molecular complexity index is 1340. The van der Waals surface area contributed by atoms with Crippen LogP contribution in [0.5, 0.6) is 0 Å². The maximum Gasteiger partial charge on any atom is 2.00 e. The van der Waals surface area contributed by atoms with E-state index in [0.29, 0.717) is 10.1 Å². The van der Waals surface area contributed by atoms with Crippen molar-refractivity contribution in [1.29, 1.82) is 0 Å². The average Bonchev–Trinajstić information content (AvgIpc) is 2.80. The molecule has 173 valence electrons. The summed E-state index contributed by atoms with van der Waals surface area (Å²) in [5, 5.41) is 0.812. The minimum atomic E-state index is 0. The van der Waals surface area contributed by atoms with Gasteiger partial charge in [-0.3, -0.25) is 19.9 Å². The minimum absolute atomic E-state index is 0. The number of nitrogens with zero attached hydrogens (tertiary/aromatic N) is 5. The van der Waals surface area contributed by atoms with E-state index in [2.05, 4.69) is 65.0 Å². The van der Waals surface area contributed by atoms with Gasteiger partial charge in [0.1, 0.15) is 0 Å². The number of benzene rings is 1. The van der Waals surface area contributed by atoms with Gasteiger partial charge in [0, 0.05) is 45.1 Å². The van der Waals surface area contributed by atoms with Crippen molar-refractivity contribution in [2.75, 3.05) is 0 Å². The predicted octanol–water partition coefficient (Wildman–Crippen LogP) is 5.57. The molecule has 4 heterocycles. The second-order valence-corrected chi connectivity index (χ2v) is 8.45. The van der Waals surface area contributed by atoms with E-state index in [0.717, 1.165) is 39.4 Å². The van der Waals surface area contributed by atoms with Crippen molar-refractivity contribution in [1.82, 2.24) is 24.9 Å². The Morgan fingerprint density at radius 3 is 1.34 bits per heavy atom. The topological polar surface area (TPSA) is 64.5 Å². The van der Waals surface area contributed by atoms with Gasteiger partial charge in [0.25, 0.3) is 0 Å². The number of aryl methyl sites for hydroxylation is 3. The van der Waals surface area contributed by atoms with Crippen LogP contribution in [0.15, 0.2) is 83.1 Å². The molecule has 1 radical (unpaired) electrons. The van der Waals surface area contributed by atoms with Crippen molar-refractivity contribution in [3.8, 4) is 22.8 Å². The van der Waals surface area contributed by atoms with Crippen LogP contribution in [0, 0.1) is 20.8 Å². The number of hydrogen-bond acceptors (Lipinski definition) is 7. The van der Waals surface area contributed by atoms with Crippen LogP contribution in [0.25, 0.3) is 33.8 Å². The van der Waals surface area contributed by atoms with Crippen LogP contribution in [0.1, 0.15) is 16.7 Å². The normalized spacial score (nSPS) is 9.91. The van der Waals surface area contributed by atoms with Crippen LogP contribution in [0.2, 0.25) is 0 Å². The molecule has 0 N–H and O–H groups in total. The molecule has 4 aromatic heterocycles. The van der Waals surface area contributed by atoms with Gasteiger partial charge in [0.2, 0.25) is 0 Å². The molecule has 0 aliphatic carbocycles. The molecule has 5 nitrogen and oxygen atoms in total. The molecular formula is C26H21N5RuS2Y. The van der Waals surface area contributed by atoms with E-state index in [4.69, 9.17) is 30.2 Å². The van der Waals surface area contributed by atoms with E-state index >= 15 is 0 Å². The Hall–Kier alpha value is -1.82. The molecule has 0 aliphatic heterocycles. The molecule has 5 aromatic rings. The largest absolute Gasteiger partial charge is 2.00 e. The first-order valence-corrected chi connectivity index (χ1v) is 11.2. The van der Waals surface area contributed by atoms with Crippen molar-refractivity contribution in [3.05, 3.63) is 89.7 Å². The zero-order valence-electron chi connectivity index (χ0n) is 19.4. The molecule has 0 unspecified atom stereocenters. The van der Waals surface area contributed by atoms with Crippen molar-refractivity contribution in [2.45, 2.75) is 30.8 Å². The molecule has 0 fully saturated rings. The molecule has 0 bridgehead atoms. The van der Waals surface area contributed by atoms with Gasteiger partial charge >= 0.3 is 19.5 Å². The van der Waals surface area contributed by atoms with Gasteiger partial charge < -0.3 is 25.3 Å². The Labute approximate surface area is 254 Å². The predicted molar refractivity (Wildman–Crippen MR) is 136 cm³/mol. The summed E-state index contributed by atoms with van der Waals surface area (Å²) in [5.41, 5.74) is 8.68. The summed E-state index contributed by atoms with van der Waals surface area (Å²) >= 11 is 9.81. The van der Waals surface area contributed by atoms with Gasteiger partial charge in [-0.25, -0.2) is 4.98 Å². The summed E-state index contributed by atoms with van der Waals surface area (Å²) in [5.74, 6) is 0. The van der Waals surface area contributed by atoms with E-state index in [-0.39, 0.29) is 52.2 Å². The Morgan fingerprint density at radius 1 is 0.543 bits per heavy atom. The standard InChI is InChI=1S/C18H17N3.C8H6N2S2.Ru.Y/c1-12-4-6-19-15(8-12)17-10-14(3)11-18(21-17)16-9-13(2)5-7-20-16;11-7-8(12)10-6-4-2-1-3-5(6)9-7;;/h4-11H,1-3H3;1-4H,(H,9,11)(H,10,12);;/q;;+2;/p-2. The van der Waals surface area contributed by atoms with Crippen LogP contribution in [-0.2, 0) is 77.4 Å². The van der Waals surface area contributed by atoms with Gasteiger partial charge in [0.05, 0.1) is 33.8 Å².